The van der Waals surface area contributed by atoms with Crippen LogP contribution in [0.2, 0.25) is 5.02 Å². The van der Waals surface area contributed by atoms with E-state index in [4.69, 9.17) is 21.1 Å². The van der Waals surface area contributed by atoms with Gasteiger partial charge in [0.25, 0.3) is 0 Å². The summed E-state index contributed by atoms with van der Waals surface area (Å²) in [4.78, 5) is 0. The number of methoxy groups -OCH3 is 1. The van der Waals surface area contributed by atoms with E-state index in [-0.39, 0.29) is 12.2 Å². The van der Waals surface area contributed by atoms with E-state index < -0.39 is 0 Å². The molecule has 1 aliphatic rings. The van der Waals surface area contributed by atoms with Crippen LogP contribution in [0.4, 0.5) is 5.69 Å². The Balaban J connectivity index is 2.04. The molecule has 1 saturated carbocycles. The van der Waals surface area contributed by atoms with E-state index in [0.29, 0.717) is 11.1 Å². The third-order valence-corrected chi connectivity index (χ3v) is 3.95. The molecule has 2 atom stereocenters. The summed E-state index contributed by atoms with van der Waals surface area (Å²) in [6, 6.07) is 6.24. The van der Waals surface area contributed by atoms with Crippen molar-refractivity contribution in [2.45, 2.75) is 57.8 Å². The molecule has 2 rings (SSSR count). The van der Waals surface area contributed by atoms with Gasteiger partial charge in [-0.05, 0) is 44.9 Å². The predicted molar refractivity (Wildman–Crippen MR) is 83.9 cm³/mol. The average molecular weight is 298 g/mol. The number of hydrogen-bond acceptors (Lipinski definition) is 3. The number of nitrogens with one attached hydrogen (secondary N) is 1. The second-order valence-electron chi connectivity index (χ2n) is 5.62. The summed E-state index contributed by atoms with van der Waals surface area (Å²) in [6.45, 7) is 3.99. The van der Waals surface area contributed by atoms with Crippen LogP contribution in [0.15, 0.2) is 18.2 Å². The summed E-state index contributed by atoms with van der Waals surface area (Å²) in [5, 5.41) is 4.18. The predicted octanol–water partition coefficient (Wildman–Crippen LogP) is 4.50. The fourth-order valence-corrected chi connectivity index (χ4v) is 2.92. The van der Waals surface area contributed by atoms with Crippen molar-refractivity contribution < 1.29 is 9.47 Å². The highest BCUT2D eigenvalue weighted by Gasteiger charge is 2.24. The Morgan fingerprint density at radius 3 is 2.65 bits per heavy atom. The normalized spacial score (nSPS) is 22.9. The molecule has 2 unspecified atom stereocenters. The summed E-state index contributed by atoms with van der Waals surface area (Å²) in [5.74, 6) is 0.735. The zero-order chi connectivity index (χ0) is 14.5. The quantitative estimate of drug-likeness (QED) is 0.868. The van der Waals surface area contributed by atoms with Crippen LogP contribution in [-0.2, 0) is 4.74 Å². The van der Waals surface area contributed by atoms with Crippen LogP contribution in [0, 0.1) is 0 Å². The zero-order valence-corrected chi connectivity index (χ0v) is 13.2. The highest BCUT2D eigenvalue weighted by molar-refractivity contribution is 6.32. The smallest absolute Gasteiger partial charge is 0.138 e. The first kappa shape index (κ1) is 15.5. The second-order valence-corrected chi connectivity index (χ2v) is 6.03. The number of hydrogen-bond donors (Lipinski definition) is 1. The van der Waals surface area contributed by atoms with Gasteiger partial charge >= 0.3 is 0 Å². The van der Waals surface area contributed by atoms with Crippen LogP contribution in [0.5, 0.6) is 5.75 Å². The molecule has 112 valence electrons. The van der Waals surface area contributed by atoms with Gasteiger partial charge in [0.2, 0.25) is 0 Å². The van der Waals surface area contributed by atoms with Crippen molar-refractivity contribution in [3.63, 3.8) is 0 Å². The molecule has 4 heteroatoms. The van der Waals surface area contributed by atoms with Crippen molar-refractivity contribution in [3.8, 4) is 5.75 Å². The average Bonchev–Trinajstić information content (AvgIpc) is 2.42. The lowest BCUT2D eigenvalue weighted by Gasteiger charge is -2.32. The fourth-order valence-electron chi connectivity index (χ4n) is 2.70. The van der Waals surface area contributed by atoms with E-state index in [9.17, 15) is 0 Å². The third kappa shape index (κ3) is 4.03. The molecule has 1 aromatic rings. The van der Waals surface area contributed by atoms with Gasteiger partial charge in [-0.15, -0.1) is 0 Å². The molecule has 20 heavy (non-hydrogen) atoms. The minimum absolute atomic E-state index is 0.127. The van der Waals surface area contributed by atoms with Crippen LogP contribution in [-0.4, -0.2) is 25.4 Å². The second kappa shape index (κ2) is 7.19. The third-order valence-electron chi connectivity index (χ3n) is 3.65. The molecule has 0 aliphatic heterocycles. The van der Waals surface area contributed by atoms with E-state index in [2.05, 4.69) is 5.32 Å². The molecule has 0 aromatic heterocycles. The number of anilines is 1. The van der Waals surface area contributed by atoms with Crippen molar-refractivity contribution in [2.75, 3.05) is 12.4 Å². The molecular weight excluding hydrogens is 274 g/mol. The van der Waals surface area contributed by atoms with Crippen molar-refractivity contribution >= 4 is 17.3 Å². The number of halogens is 1. The molecule has 1 aliphatic carbocycles. The highest BCUT2D eigenvalue weighted by atomic mass is 35.5. The Hall–Kier alpha value is -0.930. The Morgan fingerprint density at radius 2 is 2.00 bits per heavy atom. The number of rotatable bonds is 5. The van der Waals surface area contributed by atoms with E-state index in [1.165, 1.54) is 12.8 Å². The molecule has 0 spiro atoms. The standard InChI is InChI=1S/C16H24ClNO2/c1-11(2)20-15-9-8-12(10-13(15)17)18-14-6-4-5-7-16(14)19-3/h8-11,14,16,18H,4-7H2,1-3H3. The molecular formula is C16H24ClNO2. The molecule has 0 bridgehead atoms. The molecule has 0 radical (unpaired) electrons. The maximum Gasteiger partial charge on any atom is 0.138 e. The van der Waals surface area contributed by atoms with Gasteiger partial charge in [-0.2, -0.15) is 0 Å². The van der Waals surface area contributed by atoms with Crippen LogP contribution in [0.1, 0.15) is 39.5 Å². The number of ether oxygens (including phenoxy) is 2. The Kier molecular flexibility index (Phi) is 5.55. The van der Waals surface area contributed by atoms with Crippen LogP contribution in [0.25, 0.3) is 0 Å². The van der Waals surface area contributed by atoms with Crippen molar-refractivity contribution in [1.29, 1.82) is 0 Å². The van der Waals surface area contributed by atoms with Crippen molar-refractivity contribution in [3.05, 3.63) is 23.2 Å². The van der Waals surface area contributed by atoms with Gasteiger partial charge in [0, 0.05) is 12.8 Å². The lowest BCUT2D eigenvalue weighted by Crippen LogP contribution is -2.37. The summed E-state index contributed by atoms with van der Waals surface area (Å²) in [5.41, 5.74) is 1.03. The Labute approximate surface area is 126 Å². The van der Waals surface area contributed by atoms with Gasteiger partial charge < -0.3 is 14.8 Å². The lowest BCUT2D eigenvalue weighted by atomic mass is 9.92. The largest absolute Gasteiger partial charge is 0.489 e. The van der Waals surface area contributed by atoms with Crippen molar-refractivity contribution in [2.24, 2.45) is 0 Å². The summed E-state index contributed by atoms with van der Waals surface area (Å²) in [6.07, 6.45) is 5.17. The molecule has 1 aromatic carbocycles. The first-order valence-electron chi connectivity index (χ1n) is 7.35. The summed E-state index contributed by atoms with van der Waals surface area (Å²) in [7, 11) is 1.79. The van der Waals surface area contributed by atoms with Crippen LogP contribution in [0.3, 0.4) is 0 Å². The molecule has 1 fully saturated rings. The van der Waals surface area contributed by atoms with Gasteiger partial charge in [-0.3, -0.25) is 0 Å². The minimum Gasteiger partial charge on any atom is -0.489 e. The fraction of sp³-hybridized carbons (Fsp3) is 0.625. The lowest BCUT2D eigenvalue weighted by molar-refractivity contribution is 0.0606. The molecule has 1 N–H and O–H groups in total. The van der Waals surface area contributed by atoms with Crippen molar-refractivity contribution in [1.82, 2.24) is 0 Å². The summed E-state index contributed by atoms with van der Waals surface area (Å²) >= 11 is 6.27. The van der Waals surface area contributed by atoms with Crippen LogP contribution < -0.4 is 10.1 Å². The maximum atomic E-state index is 6.27. The molecule has 3 nitrogen and oxygen atoms in total. The number of benzene rings is 1. The van der Waals surface area contributed by atoms with E-state index >= 15 is 0 Å². The first-order valence-corrected chi connectivity index (χ1v) is 7.73. The monoisotopic (exact) mass is 297 g/mol. The van der Waals surface area contributed by atoms with Gasteiger partial charge in [-0.25, -0.2) is 0 Å². The Morgan fingerprint density at radius 1 is 1.25 bits per heavy atom. The van der Waals surface area contributed by atoms with Gasteiger partial charge in [0.1, 0.15) is 5.75 Å². The molecule has 0 saturated heterocycles. The van der Waals surface area contributed by atoms with E-state index in [1.807, 2.05) is 32.0 Å². The molecule has 0 heterocycles. The Bertz CT molecular complexity index is 436. The van der Waals surface area contributed by atoms with Gasteiger partial charge in [-0.1, -0.05) is 24.4 Å². The maximum absolute atomic E-state index is 6.27. The van der Waals surface area contributed by atoms with Gasteiger partial charge in [0.15, 0.2) is 0 Å². The zero-order valence-electron chi connectivity index (χ0n) is 12.5. The van der Waals surface area contributed by atoms with Gasteiger partial charge in [0.05, 0.1) is 23.3 Å². The van der Waals surface area contributed by atoms with E-state index in [1.54, 1.807) is 7.11 Å². The summed E-state index contributed by atoms with van der Waals surface area (Å²) < 4.78 is 11.2. The minimum atomic E-state index is 0.127. The topological polar surface area (TPSA) is 30.5 Å². The SMILES string of the molecule is COC1CCCCC1Nc1ccc(OC(C)C)c(Cl)c1. The van der Waals surface area contributed by atoms with E-state index in [0.717, 1.165) is 24.3 Å². The van der Waals surface area contributed by atoms with Crippen LogP contribution >= 0.6 is 11.6 Å². The highest BCUT2D eigenvalue weighted by Crippen LogP contribution is 2.30. The first-order chi connectivity index (χ1) is 9.60. The molecule has 0 amide bonds.